The van der Waals surface area contributed by atoms with Gasteiger partial charge in [-0.25, -0.2) is 0 Å². The van der Waals surface area contributed by atoms with Crippen molar-refractivity contribution in [3.8, 4) is 17.2 Å². The molecule has 152 valence electrons. The van der Waals surface area contributed by atoms with Gasteiger partial charge in [0.15, 0.2) is 5.78 Å². The lowest BCUT2D eigenvalue weighted by Gasteiger charge is -2.35. The van der Waals surface area contributed by atoms with Gasteiger partial charge in [-0.3, -0.25) is 4.79 Å². The van der Waals surface area contributed by atoms with E-state index in [4.69, 9.17) is 9.47 Å². The number of ketones is 1. The lowest BCUT2D eigenvalue weighted by molar-refractivity contribution is 0.0824. The molecular weight excluding hydrogens is 364 g/mol. The summed E-state index contributed by atoms with van der Waals surface area (Å²) >= 11 is 0. The molecule has 0 amide bonds. The molecule has 2 heterocycles. The van der Waals surface area contributed by atoms with E-state index in [1.54, 1.807) is 6.07 Å². The van der Waals surface area contributed by atoms with Gasteiger partial charge in [0.1, 0.15) is 29.0 Å². The van der Waals surface area contributed by atoms with Gasteiger partial charge < -0.3 is 14.6 Å². The molecule has 0 saturated heterocycles. The molecule has 4 rings (SSSR count). The third-order valence-corrected chi connectivity index (χ3v) is 5.65. The monoisotopic (exact) mass is 392 g/mol. The Kier molecular flexibility index (Phi) is 4.89. The van der Waals surface area contributed by atoms with Crippen LogP contribution in [0.3, 0.4) is 0 Å². The molecule has 0 aromatic heterocycles. The van der Waals surface area contributed by atoms with Crippen molar-refractivity contribution in [2.45, 2.75) is 65.1 Å². The van der Waals surface area contributed by atoms with E-state index in [1.165, 1.54) is 23.3 Å². The number of carbonyl (C=O) groups is 1. The second kappa shape index (κ2) is 7.25. The number of rotatable bonds is 3. The first-order valence-electron chi connectivity index (χ1n) is 10.2. The number of phenolic OH excluding ortho intramolecular Hbond substituents is 1. The predicted octanol–water partition coefficient (Wildman–Crippen LogP) is 5.71. The molecule has 29 heavy (non-hydrogen) atoms. The van der Waals surface area contributed by atoms with Gasteiger partial charge in [0.25, 0.3) is 0 Å². The van der Waals surface area contributed by atoms with Gasteiger partial charge in [0.05, 0.1) is 12.0 Å². The van der Waals surface area contributed by atoms with Crippen molar-refractivity contribution in [1.82, 2.24) is 0 Å². The first kappa shape index (κ1) is 19.6. The summed E-state index contributed by atoms with van der Waals surface area (Å²) in [5.41, 5.74) is 4.91. The smallest absolute Gasteiger partial charge is 0.170 e. The summed E-state index contributed by atoms with van der Waals surface area (Å²) in [5.74, 6) is 1.56. The summed E-state index contributed by atoms with van der Waals surface area (Å²) in [6, 6.07) is 8.92. The maximum atomic E-state index is 12.7. The Balaban J connectivity index is 1.74. The third kappa shape index (κ3) is 4.02. The van der Waals surface area contributed by atoms with Crippen molar-refractivity contribution < 1.29 is 19.4 Å². The number of Topliss-reactive ketones (excluding diaryl/α,β-unsaturated/α-hetero) is 1. The van der Waals surface area contributed by atoms with Crippen LogP contribution in [-0.2, 0) is 12.8 Å². The molecule has 0 bridgehead atoms. The molecule has 2 aliphatic rings. The Morgan fingerprint density at radius 2 is 2.03 bits per heavy atom. The molecule has 2 aromatic rings. The van der Waals surface area contributed by atoms with Crippen LogP contribution >= 0.6 is 0 Å². The van der Waals surface area contributed by atoms with Gasteiger partial charge in [0.2, 0.25) is 0 Å². The highest BCUT2D eigenvalue weighted by atomic mass is 16.5. The molecule has 0 aliphatic carbocycles. The van der Waals surface area contributed by atoms with Crippen LogP contribution in [0.2, 0.25) is 0 Å². The molecule has 4 nitrogen and oxygen atoms in total. The van der Waals surface area contributed by atoms with Crippen LogP contribution in [0.25, 0.3) is 0 Å². The minimum atomic E-state index is -0.359. The molecule has 2 aromatic carbocycles. The van der Waals surface area contributed by atoms with Crippen LogP contribution in [0.1, 0.15) is 73.7 Å². The maximum Gasteiger partial charge on any atom is 0.170 e. The Bertz CT molecular complexity index is 996. The average Bonchev–Trinajstić information content (AvgIpc) is 2.65. The summed E-state index contributed by atoms with van der Waals surface area (Å²) in [7, 11) is 0. The lowest BCUT2D eigenvalue weighted by Crippen LogP contribution is -2.33. The molecule has 0 spiro atoms. The minimum absolute atomic E-state index is 0.0391. The number of hydrogen-bond donors (Lipinski definition) is 1. The van der Waals surface area contributed by atoms with E-state index in [2.05, 4.69) is 45.9 Å². The Labute approximate surface area is 172 Å². The third-order valence-electron chi connectivity index (χ3n) is 5.65. The van der Waals surface area contributed by atoms with Gasteiger partial charge >= 0.3 is 0 Å². The fourth-order valence-corrected chi connectivity index (χ4v) is 4.01. The van der Waals surface area contributed by atoms with Crippen LogP contribution in [0, 0.1) is 0 Å². The van der Waals surface area contributed by atoms with E-state index in [9.17, 15) is 9.90 Å². The number of benzene rings is 2. The van der Waals surface area contributed by atoms with E-state index in [0.717, 1.165) is 36.1 Å². The first-order valence-corrected chi connectivity index (χ1v) is 10.2. The number of hydrogen-bond acceptors (Lipinski definition) is 4. The van der Waals surface area contributed by atoms with Crippen LogP contribution in [0.5, 0.6) is 17.2 Å². The molecule has 0 radical (unpaired) electrons. The van der Waals surface area contributed by atoms with Crippen LogP contribution in [0.15, 0.2) is 42.0 Å². The predicted molar refractivity (Wildman–Crippen MR) is 113 cm³/mol. The molecule has 4 heteroatoms. The van der Waals surface area contributed by atoms with E-state index >= 15 is 0 Å². The number of aryl methyl sites for hydroxylation is 1. The number of phenols is 1. The summed E-state index contributed by atoms with van der Waals surface area (Å²) < 4.78 is 12.5. The van der Waals surface area contributed by atoms with E-state index < -0.39 is 0 Å². The summed E-state index contributed by atoms with van der Waals surface area (Å²) in [5, 5.41) is 9.79. The van der Waals surface area contributed by atoms with Crippen molar-refractivity contribution in [3.63, 3.8) is 0 Å². The molecule has 1 N–H and O–H groups in total. The lowest BCUT2D eigenvalue weighted by atomic mass is 9.88. The number of fused-ring (bicyclic) bond motifs is 2. The van der Waals surface area contributed by atoms with Crippen molar-refractivity contribution in [2.75, 3.05) is 0 Å². The summed E-state index contributed by atoms with van der Waals surface area (Å²) in [6.45, 7) is 8.43. The minimum Gasteiger partial charge on any atom is -0.508 e. The molecule has 0 saturated carbocycles. The van der Waals surface area contributed by atoms with Crippen LogP contribution in [0.4, 0.5) is 0 Å². The van der Waals surface area contributed by atoms with E-state index in [1.807, 2.05) is 0 Å². The SMILES string of the molecule is CC(C)=CCc1cc([C@@H]2CC(=O)c3ccc(O)cc3O2)cc2c1OC(C)(C)CC2. The Morgan fingerprint density at radius 3 is 2.79 bits per heavy atom. The largest absolute Gasteiger partial charge is 0.508 e. The van der Waals surface area contributed by atoms with E-state index in [0.29, 0.717) is 17.7 Å². The summed E-state index contributed by atoms with van der Waals surface area (Å²) in [4.78, 5) is 12.7. The quantitative estimate of drug-likeness (QED) is 0.680. The van der Waals surface area contributed by atoms with Gasteiger partial charge in [-0.15, -0.1) is 0 Å². The van der Waals surface area contributed by atoms with Crippen LogP contribution < -0.4 is 9.47 Å². The number of allylic oxidation sites excluding steroid dienone is 2. The topological polar surface area (TPSA) is 55.8 Å². The zero-order chi connectivity index (χ0) is 20.8. The highest BCUT2D eigenvalue weighted by molar-refractivity contribution is 6.00. The zero-order valence-electron chi connectivity index (χ0n) is 17.5. The van der Waals surface area contributed by atoms with Crippen molar-refractivity contribution in [2.24, 2.45) is 0 Å². The fraction of sp³-hybridized carbons (Fsp3) is 0.400. The second-order valence-electron chi connectivity index (χ2n) is 8.93. The fourth-order valence-electron chi connectivity index (χ4n) is 4.01. The van der Waals surface area contributed by atoms with E-state index in [-0.39, 0.29) is 23.2 Å². The normalized spacial score (nSPS) is 19.4. The van der Waals surface area contributed by atoms with Crippen LogP contribution in [-0.4, -0.2) is 16.5 Å². The summed E-state index contributed by atoms with van der Waals surface area (Å²) in [6.07, 6.45) is 4.81. The van der Waals surface area contributed by atoms with Crippen molar-refractivity contribution in [1.29, 1.82) is 0 Å². The molecule has 2 aliphatic heterocycles. The van der Waals surface area contributed by atoms with Crippen molar-refractivity contribution in [3.05, 3.63) is 64.2 Å². The number of ether oxygens (including phenoxy) is 2. The average molecular weight is 392 g/mol. The number of aromatic hydroxyl groups is 1. The Hall–Kier alpha value is -2.75. The first-order chi connectivity index (χ1) is 13.7. The Morgan fingerprint density at radius 1 is 1.24 bits per heavy atom. The number of carbonyl (C=O) groups excluding carboxylic acids is 1. The van der Waals surface area contributed by atoms with Gasteiger partial charge in [-0.05, 0) is 87.9 Å². The molecule has 1 atom stereocenters. The highest BCUT2D eigenvalue weighted by Crippen LogP contribution is 2.42. The molecule has 0 unspecified atom stereocenters. The standard InChI is InChI=1S/C25H28O4/c1-15(2)5-6-16-11-18(12-17-9-10-25(3,4)29-24(16)17)22-14-21(27)20-8-7-19(26)13-23(20)28-22/h5,7-8,11-13,22,26H,6,9-10,14H2,1-4H3/t22-/m0/s1. The van der Waals surface area contributed by atoms with Gasteiger partial charge in [0, 0.05) is 6.07 Å². The zero-order valence-corrected chi connectivity index (χ0v) is 17.5. The molecular formula is C25H28O4. The maximum absolute atomic E-state index is 12.7. The molecule has 0 fully saturated rings. The van der Waals surface area contributed by atoms with Crippen molar-refractivity contribution >= 4 is 5.78 Å². The van der Waals surface area contributed by atoms with Gasteiger partial charge in [-0.2, -0.15) is 0 Å². The second-order valence-corrected chi connectivity index (χ2v) is 8.93. The van der Waals surface area contributed by atoms with Gasteiger partial charge in [-0.1, -0.05) is 11.6 Å². The highest BCUT2D eigenvalue weighted by Gasteiger charge is 2.32.